The first-order valence-electron chi connectivity index (χ1n) is 3.48. The largest absolute Gasteiger partial charge is 2.00 e. The molecule has 1 aliphatic carbocycles. The zero-order valence-corrected chi connectivity index (χ0v) is 11.4. The molecule has 0 bridgehead atoms. The van der Waals surface area contributed by atoms with Crippen LogP contribution in [0.3, 0.4) is 0 Å². The van der Waals surface area contributed by atoms with Crippen molar-refractivity contribution in [2.24, 2.45) is 0 Å². The molecule has 0 radical (unpaired) electrons. The van der Waals surface area contributed by atoms with Gasteiger partial charge in [-0.15, -0.1) is 0 Å². The Morgan fingerprint density at radius 1 is 0.846 bits per heavy atom. The van der Waals surface area contributed by atoms with Crippen molar-refractivity contribution in [3.8, 4) is 0 Å². The third-order valence-corrected chi connectivity index (χ3v) is 2.45. The van der Waals surface area contributed by atoms with E-state index in [-0.39, 0.29) is 45.2 Å². The van der Waals surface area contributed by atoms with Crippen LogP contribution >= 0.6 is 23.2 Å². The van der Waals surface area contributed by atoms with Crippen molar-refractivity contribution < 1.29 is 45.2 Å². The Kier molecular flexibility index (Phi) is 17.3. The van der Waals surface area contributed by atoms with E-state index in [0.717, 1.165) is 35.7 Å². The third-order valence-electron chi connectivity index (χ3n) is 1.52. The number of hydrogen-bond acceptors (Lipinski definition) is 0. The van der Waals surface area contributed by atoms with Crippen molar-refractivity contribution in [1.82, 2.24) is 0 Å². The van der Waals surface area contributed by atoms with Crippen LogP contribution in [0.1, 0.15) is 25.7 Å². The van der Waals surface area contributed by atoms with Gasteiger partial charge in [-0.1, -0.05) is 35.4 Å². The first-order valence-corrected chi connectivity index (χ1v) is 4.24. The van der Waals surface area contributed by atoms with Crippen LogP contribution in [0.25, 0.3) is 0 Å². The summed E-state index contributed by atoms with van der Waals surface area (Å²) in [5.74, 6) is 0. The quantitative estimate of drug-likeness (QED) is 0.343. The van der Waals surface area contributed by atoms with Gasteiger partial charge in [0.05, 0.1) is 0 Å². The van der Waals surface area contributed by atoms with Crippen LogP contribution in [0.2, 0.25) is 0 Å². The van der Waals surface area contributed by atoms with E-state index < -0.39 is 0 Å². The van der Waals surface area contributed by atoms with Crippen LogP contribution in [-0.4, -0.2) is 0 Å². The van der Waals surface area contributed by atoms with Crippen LogP contribution in [-0.2, 0) is 20.4 Å². The van der Waals surface area contributed by atoms with Crippen LogP contribution in [0, 0.1) is 0 Å². The number of rotatable bonds is 0. The van der Waals surface area contributed by atoms with E-state index in [4.69, 9.17) is 23.2 Å². The van der Waals surface area contributed by atoms with E-state index in [1.807, 2.05) is 0 Å². The van der Waals surface area contributed by atoms with Crippen molar-refractivity contribution in [3.05, 3.63) is 22.2 Å². The minimum absolute atomic E-state index is 0. The first kappa shape index (κ1) is 19.8. The molecule has 0 heterocycles. The Labute approximate surface area is 116 Å². The molecule has 0 aliphatic heterocycles. The molecule has 0 aromatic carbocycles. The van der Waals surface area contributed by atoms with Crippen LogP contribution in [0.15, 0.2) is 22.2 Å². The monoisotopic (exact) mass is 352 g/mol. The Bertz CT molecular complexity index is 159. The number of allylic oxidation sites excluding steroid dienone is 4. The van der Waals surface area contributed by atoms with E-state index in [2.05, 4.69) is 12.2 Å². The number of halogens is 4. The van der Waals surface area contributed by atoms with Gasteiger partial charge in [-0.2, -0.15) is 0 Å². The molecule has 80 valence electrons. The smallest absolute Gasteiger partial charge is 1.00 e. The molecule has 0 unspecified atom stereocenters. The van der Waals surface area contributed by atoms with E-state index in [1.165, 1.54) is 0 Å². The van der Waals surface area contributed by atoms with Gasteiger partial charge in [0.15, 0.2) is 0 Å². The summed E-state index contributed by atoms with van der Waals surface area (Å²) in [6.07, 6.45) is 8.16. The summed E-state index contributed by atoms with van der Waals surface area (Å²) < 4.78 is 0. The Morgan fingerprint density at radius 2 is 1.15 bits per heavy atom. The molecular weight excluding hydrogens is 344 g/mol. The van der Waals surface area contributed by atoms with Gasteiger partial charge < -0.3 is 24.8 Å². The van der Waals surface area contributed by atoms with Gasteiger partial charge in [0.2, 0.25) is 0 Å². The van der Waals surface area contributed by atoms with Gasteiger partial charge in [-0.3, -0.25) is 0 Å². The van der Waals surface area contributed by atoms with Gasteiger partial charge in [0, 0.05) is 10.1 Å². The summed E-state index contributed by atoms with van der Waals surface area (Å²) in [5.41, 5.74) is 0. The van der Waals surface area contributed by atoms with Crippen molar-refractivity contribution in [2.75, 3.05) is 0 Å². The van der Waals surface area contributed by atoms with Crippen LogP contribution in [0.5, 0.6) is 0 Å². The van der Waals surface area contributed by atoms with E-state index in [9.17, 15) is 0 Å². The standard InChI is InChI=1S/C8H10Cl2.2ClH.Pd/c9-7-5-3-1-2-4-6-8(7)10;;;/h1-2H,3-6H2;2*1H;/q;;;+2/p-2. The molecule has 0 nitrogen and oxygen atoms in total. The molecular formula is C8H10Cl4Pd. The zero-order valence-electron chi connectivity index (χ0n) is 6.81. The van der Waals surface area contributed by atoms with Gasteiger partial charge in [-0.25, -0.2) is 0 Å². The fourth-order valence-electron chi connectivity index (χ4n) is 0.927. The topological polar surface area (TPSA) is 0 Å². The summed E-state index contributed by atoms with van der Waals surface area (Å²) in [6, 6.07) is 0. The van der Waals surface area contributed by atoms with E-state index in [0.29, 0.717) is 0 Å². The SMILES string of the molecule is ClC1=C(Cl)CCC=CCC1.[Cl-].[Cl-].[Pd+2]. The molecule has 1 aliphatic rings. The molecule has 13 heavy (non-hydrogen) atoms. The maximum atomic E-state index is 5.86. The van der Waals surface area contributed by atoms with Crippen molar-refractivity contribution in [1.29, 1.82) is 0 Å². The maximum absolute atomic E-state index is 5.86. The average Bonchev–Trinajstić information content (AvgIpc) is 1.92. The maximum Gasteiger partial charge on any atom is 2.00 e. The van der Waals surface area contributed by atoms with Crippen LogP contribution < -0.4 is 24.8 Å². The minimum Gasteiger partial charge on any atom is -1.00 e. The molecule has 5 heteroatoms. The molecule has 0 saturated heterocycles. The summed E-state index contributed by atoms with van der Waals surface area (Å²) in [6.45, 7) is 0. The third kappa shape index (κ3) is 8.31. The minimum atomic E-state index is 0. The molecule has 0 fully saturated rings. The first-order chi connectivity index (χ1) is 4.80. The second kappa shape index (κ2) is 11.4. The van der Waals surface area contributed by atoms with Gasteiger partial charge in [-0.05, 0) is 25.7 Å². The molecule has 0 saturated carbocycles. The van der Waals surface area contributed by atoms with E-state index in [1.54, 1.807) is 0 Å². The van der Waals surface area contributed by atoms with Gasteiger partial charge in [0.1, 0.15) is 0 Å². The normalized spacial score (nSPS) is 15.8. The number of hydrogen-bond donors (Lipinski definition) is 0. The summed E-state index contributed by atoms with van der Waals surface area (Å²) in [4.78, 5) is 0. The van der Waals surface area contributed by atoms with E-state index >= 15 is 0 Å². The summed E-state index contributed by atoms with van der Waals surface area (Å²) in [5, 5.41) is 1.68. The fourth-order valence-corrected chi connectivity index (χ4v) is 1.33. The molecule has 0 aromatic heterocycles. The fraction of sp³-hybridized carbons (Fsp3) is 0.500. The van der Waals surface area contributed by atoms with Gasteiger partial charge in [0.25, 0.3) is 0 Å². The Balaban J connectivity index is -0.000000333. The predicted octanol–water partition coefficient (Wildman–Crippen LogP) is -2.19. The van der Waals surface area contributed by atoms with Crippen molar-refractivity contribution in [2.45, 2.75) is 25.7 Å². The second-order valence-corrected chi connectivity index (χ2v) is 3.27. The van der Waals surface area contributed by atoms with Crippen molar-refractivity contribution >= 4 is 23.2 Å². The molecule has 0 spiro atoms. The molecule has 0 amide bonds. The molecule has 1 rings (SSSR count). The average molecular weight is 354 g/mol. The summed E-state index contributed by atoms with van der Waals surface area (Å²) in [7, 11) is 0. The Morgan fingerprint density at radius 3 is 1.46 bits per heavy atom. The molecule has 0 aromatic rings. The van der Waals surface area contributed by atoms with Gasteiger partial charge >= 0.3 is 20.4 Å². The molecule has 0 N–H and O–H groups in total. The van der Waals surface area contributed by atoms with Crippen LogP contribution in [0.4, 0.5) is 0 Å². The predicted molar refractivity (Wildman–Crippen MR) is 46.3 cm³/mol. The second-order valence-electron chi connectivity index (χ2n) is 2.36. The molecule has 0 atom stereocenters. The zero-order chi connectivity index (χ0) is 7.40. The Hall–Kier alpha value is 1.30. The summed E-state index contributed by atoms with van der Waals surface area (Å²) >= 11 is 11.7. The van der Waals surface area contributed by atoms with Crippen molar-refractivity contribution in [3.63, 3.8) is 0 Å².